The zero-order valence-electron chi connectivity index (χ0n) is 15.6. The first-order valence-electron chi connectivity index (χ1n) is 9.29. The van der Waals surface area contributed by atoms with Crippen LogP contribution in [0.5, 0.6) is 0 Å². The molecule has 2 aliphatic rings. The van der Waals surface area contributed by atoms with Gasteiger partial charge in [0.15, 0.2) is 0 Å². The molecule has 3 heterocycles. The molecule has 2 aliphatic heterocycles. The van der Waals surface area contributed by atoms with Crippen LogP contribution >= 0.6 is 0 Å². The lowest BCUT2D eigenvalue weighted by Gasteiger charge is -2.33. The summed E-state index contributed by atoms with van der Waals surface area (Å²) in [5.74, 6) is -0.0367. The Labute approximate surface area is 159 Å². The van der Waals surface area contributed by atoms with Gasteiger partial charge in [0.25, 0.3) is 0 Å². The number of para-hydroxylation sites is 1. The zero-order valence-corrected chi connectivity index (χ0v) is 16.4. The Hall–Kier alpha value is -2.19. The number of benzene rings is 1. The van der Waals surface area contributed by atoms with Crippen LogP contribution in [0.4, 0.5) is 5.69 Å². The summed E-state index contributed by atoms with van der Waals surface area (Å²) in [4.78, 5) is 13.2. The molecule has 7 nitrogen and oxygen atoms in total. The van der Waals surface area contributed by atoms with Gasteiger partial charge in [-0.3, -0.25) is 9.48 Å². The Bertz CT molecular complexity index is 984. The maximum atomic E-state index is 13.2. The van der Waals surface area contributed by atoms with Crippen LogP contribution < -0.4 is 5.32 Å². The van der Waals surface area contributed by atoms with Gasteiger partial charge in [-0.25, -0.2) is 8.42 Å². The molecule has 0 radical (unpaired) electrons. The number of rotatable bonds is 5. The third-order valence-electron chi connectivity index (χ3n) is 5.70. The molecule has 1 fully saturated rings. The van der Waals surface area contributed by atoms with E-state index in [9.17, 15) is 13.2 Å². The van der Waals surface area contributed by atoms with Crippen molar-refractivity contribution in [1.82, 2.24) is 14.1 Å². The first kappa shape index (κ1) is 18.2. The smallest absolute Gasteiger partial charge is 0.237 e. The molecule has 1 aromatic heterocycles. The van der Waals surface area contributed by atoms with Gasteiger partial charge >= 0.3 is 0 Å². The van der Waals surface area contributed by atoms with E-state index in [1.807, 2.05) is 37.4 Å². The fourth-order valence-corrected chi connectivity index (χ4v) is 6.31. The Morgan fingerprint density at radius 1 is 1.33 bits per heavy atom. The largest absolute Gasteiger partial charge is 0.325 e. The van der Waals surface area contributed by atoms with Crippen molar-refractivity contribution in [2.45, 2.75) is 37.6 Å². The highest BCUT2D eigenvalue weighted by Gasteiger charge is 2.60. The Morgan fingerprint density at radius 2 is 2.11 bits per heavy atom. The van der Waals surface area contributed by atoms with E-state index in [1.165, 1.54) is 4.31 Å². The fraction of sp³-hybridized carbons (Fsp3) is 0.474. The molecule has 4 rings (SSSR count). The molecule has 2 aromatic rings. The lowest BCUT2D eigenvalue weighted by molar-refractivity contribution is -0.121. The van der Waals surface area contributed by atoms with Crippen LogP contribution in [-0.2, 0) is 27.3 Å². The number of amides is 1. The molecule has 1 N–H and O–H groups in total. The maximum Gasteiger partial charge on any atom is 0.237 e. The molecule has 8 heteroatoms. The quantitative estimate of drug-likeness (QED) is 0.851. The molecule has 2 atom stereocenters. The SMILES string of the molecule is CCCCS(=O)(=O)N1CC[C@]2(C(=O)Nc3ccccc32)[C@@H]1c1cnn(C)c1. The molecule has 0 aliphatic carbocycles. The summed E-state index contributed by atoms with van der Waals surface area (Å²) in [7, 11) is -1.69. The van der Waals surface area contributed by atoms with Crippen molar-refractivity contribution in [3.63, 3.8) is 0 Å². The highest BCUT2D eigenvalue weighted by molar-refractivity contribution is 7.89. The molecule has 0 bridgehead atoms. The molecule has 1 spiro atoms. The van der Waals surface area contributed by atoms with Gasteiger partial charge in [-0.15, -0.1) is 0 Å². The Balaban J connectivity index is 1.87. The summed E-state index contributed by atoms with van der Waals surface area (Å²) < 4.78 is 29.4. The van der Waals surface area contributed by atoms with Gasteiger partial charge in [-0.2, -0.15) is 9.40 Å². The number of sulfonamides is 1. The molecule has 1 saturated heterocycles. The van der Waals surface area contributed by atoms with Crippen LogP contribution in [0, 0.1) is 0 Å². The lowest BCUT2D eigenvalue weighted by atomic mass is 9.73. The minimum absolute atomic E-state index is 0.0968. The summed E-state index contributed by atoms with van der Waals surface area (Å²) in [6, 6.07) is 6.99. The van der Waals surface area contributed by atoms with E-state index in [-0.39, 0.29) is 11.7 Å². The number of nitrogens with one attached hydrogen (secondary N) is 1. The average molecular weight is 388 g/mol. The number of nitrogens with zero attached hydrogens (tertiary/aromatic N) is 3. The van der Waals surface area contributed by atoms with Crippen molar-refractivity contribution in [2.75, 3.05) is 17.6 Å². The lowest BCUT2D eigenvalue weighted by Crippen LogP contribution is -2.43. The number of hydrogen-bond donors (Lipinski definition) is 1. The van der Waals surface area contributed by atoms with Crippen molar-refractivity contribution in [3.05, 3.63) is 47.8 Å². The molecule has 27 heavy (non-hydrogen) atoms. The average Bonchev–Trinajstić information content (AvgIpc) is 3.31. The standard InChI is InChI=1S/C19H24N4O3S/c1-3-4-11-27(25,26)23-10-9-19(17(23)14-12-20-22(2)13-14)15-7-5-6-8-16(15)21-18(19)24/h5-8,12-13,17H,3-4,9-11H2,1-2H3,(H,21,24)/t17-,19+/m0/s1. The second-order valence-electron chi connectivity index (χ2n) is 7.35. The number of carbonyl (C=O) groups is 1. The summed E-state index contributed by atoms with van der Waals surface area (Å²) in [5, 5.41) is 7.20. The van der Waals surface area contributed by atoms with Crippen LogP contribution in [0.3, 0.4) is 0 Å². The first-order valence-corrected chi connectivity index (χ1v) is 10.9. The van der Waals surface area contributed by atoms with Crippen LogP contribution in [-0.4, -0.2) is 40.7 Å². The van der Waals surface area contributed by atoms with Gasteiger partial charge in [0, 0.05) is 31.0 Å². The van der Waals surface area contributed by atoms with E-state index in [0.717, 1.165) is 23.2 Å². The van der Waals surface area contributed by atoms with Crippen LogP contribution in [0.15, 0.2) is 36.7 Å². The van der Waals surface area contributed by atoms with Crippen molar-refractivity contribution < 1.29 is 13.2 Å². The third-order valence-corrected chi connectivity index (χ3v) is 7.61. The summed E-state index contributed by atoms with van der Waals surface area (Å²) in [5.41, 5.74) is 1.47. The van der Waals surface area contributed by atoms with Gasteiger partial charge in [0.2, 0.25) is 15.9 Å². The molecule has 0 unspecified atom stereocenters. The van der Waals surface area contributed by atoms with Gasteiger partial charge < -0.3 is 5.32 Å². The molecular weight excluding hydrogens is 364 g/mol. The molecule has 0 saturated carbocycles. The topological polar surface area (TPSA) is 84.3 Å². The summed E-state index contributed by atoms with van der Waals surface area (Å²) >= 11 is 0. The van der Waals surface area contributed by atoms with Crippen molar-refractivity contribution in [1.29, 1.82) is 0 Å². The number of anilines is 1. The maximum absolute atomic E-state index is 13.2. The van der Waals surface area contributed by atoms with E-state index in [4.69, 9.17) is 0 Å². The van der Waals surface area contributed by atoms with Gasteiger partial charge in [0.1, 0.15) is 0 Å². The van der Waals surface area contributed by atoms with Crippen molar-refractivity contribution in [2.24, 2.45) is 7.05 Å². The zero-order chi connectivity index (χ0) is 19.2. The van der Waals surface area contributed by atoms with E-state index in [0.29, 0.717) is 19.4 Å². The second-order valence-corrected chi connectivity index (χ2v) is 9.39. The molecule has 1 aromatic carbocycles. The number of unbranched alkanes of at least 4 members (excludes halogenated alkanes) is 1. The van der Waals surface area contributed by atoms with Crippen LogP contribution in [0.1, 0.15) is 43.4 Å². The van der Waals surface area contributed by atoms with E-state index >= 15 is 0 Å². The Kier molecular flexibility index (Phi) is 4.35. The summed E-state index contributed by atoms with van der Waals surface area (Å²) in [6.07, 6.45) is 5.36. The van der Waals surface area contributed by atoms with E-state index in [1.54, 1.807) is 17.9 Å². The normalized spacial score (nSPS) is 25.1. The summed E-state index contributed by atoms with van der Waals surface area (Å²) in [6.45, 7) is 2.30. The van der Waals surface area contributed by atoms with Gasteiger partial charge in [-0.05, 0) is 24.5 Å². The van der Waals surface area contributed by atoms with Gasteiger partial charge in [0.05, 0.1) is 23.4 Å². The number of aryl methyl sites for hydroxylation is 1. The number of aromatic nitrogens is 2. The first-order chi connectivity index (χ1) is 12.9. The highest BCUT2D eigenvalue weighted by atomic mass is 32.2. The van der Waals surface area contributed by atoms with E-state index < -0.39 is 21.5 Å². The highest BCUT2D eigenvalue weighted by Crippen LogP contribution is 2.55. The monoisotopic (exact) mass is 388 g/mol. The molecule has 144 valence electrons. The van der Waals surface area contributed by atoms with Crippen LogP contribution in [0.25, 0.3) is 0 Å². The van der Waals surface area contributed by atoms with Crippen molar-refractivity contribution in [3.8, 4) is 0 Å². The fourth-order valence-electron chi connectivity index (χ4n) is 4.43. The predicted molar refractivity (Wildman–Crippen MR) is 103 cm³/mol. The minimum atomic E-state index is -3.48. The number of carbonyl (C=O) groups excluding carboxylic acids is 1. The predicted octanol–water partition coefficient (Wildman–Crippen LogP) is 2.19. The number of fused-ring (bicyclic) bond motifs is 2. The van der Waals surface area contributed by atoms with Crippen LogP contribution in [0.2, 0.25) is 0 Å². The molecular formula is C19H24N4O3S. The second kappa shape index (κ2) is 6.45. The third kappa shape index (κ3) is 2.70. The van der Waals surface area contributed by atoms with Gasteiger partial charge in [-0.1, -0.05) is 31.5 Å². The Morgan fingerprint density at radius 3 is 2.81 bits per heavy atom. The minimum Gasteiger partial charge on any atom is -0.325 e. The number of hydrogen-bond acceptors (Lipinski definition) is 4. The van der Waals surface area contributed by atoms with Crippen molar-refractivity contribution >= 4 is 21.6 Å². The molecule has 1 amide bonds. The van der Waals surface area contributed by atoms with E-state index in [2.05, 4.69) is 10.4 Å².